The van der Waals surface area contributed by atoms with Crippen LogP contribution in [0.5, 0.6) is 0 Å². The molecule has 0 saturated heterocycles. The highest BCUT2D eigenvalue weighted by Crippen LogP contribution is 2.24. The summed E-state index contributed by atoms with van der Waals surface area (Å²) in [4.78, 5) is 16.5. The van der Waals surface area contributed by atoms with Crippen molar-refractivity contribution in [1.29, 1.82) is 0 Å². The summed E-state index contributed by atoms with van der Waals surface area (Å²) in [7, 11) is 1.56. The molecule has 0 aliphatic heterocycles. The van der Waals surface area contributed by atoms with E-state index in [2.05, 4.69) is 10.3 Å². The van der Waals surface area contributed by atoms with Crippen LogP contribution in [0, 0.1) is 18.6 Å². The molecule has 1 heterocycles. The number of hydrogen-bond acceptors (Lipinski definition) is 3. The fraction of sp³-hybridized carbons (Fsp3) is 0.222. The largest absolute Gasteiger partial charge is 0.383 e. The van der Waals surface area contributed by atoms with Crippen molar-refractivity contribution >= 4 is 16.9 Å². The van der Waals surface area contributed by atoms with E-state index in [0.717, 1.165) is 6.07 Å². The maximum Gasteiger partial charge on any atom is 0.251 e. The number of aromatic nitrogens is 2. The second kappa shape index (κ2) is 6.98. The SMILES string of the molecule is COCCNC(=O)c1ccc2c(c1)nc(C)n2-c1ccc(F)cc1F. The highest BCUT2D eigenvalue weighted by Gasteiger charge is 2.15. The van der Waals surface area contributed by atoms with E-state index in [1.807, 2.05) is 0 Å². The van der Waals surface area contributed by atoms with Crippen LogP contribution < -0.4 is 5.32 Å². The molecule has 1 amide bonds. The molecule has 0 atom stereocenters. The molecule has 1 N–H and O–H groups in total. The number of rotatable bonds is 5. The van der Waals surface area contributed by atoms with Crippen molar-refractivity contribution in [2.75, 3.05) is 20.3 Å². The van der Waals surface area contributed by atoms with Gasteiger partial charge in [-0.3, -0.25) is 9.36 Å². The minimum atomic E-state index is -0.677. The Hall–Kier alpha value is -2.80. The van der Waals surface area contributed by atoms with Gasteiger partial charge in [0.25, 0.3) is 5.91 Å². The number of amides is 1. The van der Waals surface area contributed by atoms with Crippen LogP contribution in [-0.4, -0.2) is 35.7 Å². The quantitative estimate of drug-likeness (QED) is 0.723. The third kappa shape index (κ3) is 3.36. The lowest BCUT2D eigenvalue weighted by molar-refractivity contribution is 0.0937. The molecule has 3 rings (SSSR count). The van der Waals surface area contributed by atoms with Gasteiger partial charge in [-0.15, -0.1) is 0 Å². The van der Waals surface area contributed by atoms with E-state index in [0.29, 0.717) is 35.6 Å². The Morgan fingerprint density at radius 2 is 2.04 bits per heavy atom. The summed E-state index contributed by atoms with van der Waals surface area (Å²) in [5.41, 5.74) is 1.85. The number of carbonyl (C=O) groups is 1. The minimum Gasteiger partial charge on any atom is -0.383 e. The van der Waals surface area contributed by atoms with Crippen molar-refractivity contribution in [1.82, 2.24) is 14.9 Å². The number of ether oxygens (including phenoxy) is 1. The second-order valence-electron chi connectivity index (χ2n) is 5.54. The van der Waals surface area contributed by atoms with Gasteiger partial charge in [-0.2, -0.15) is 0 Å². The number of carbonyl (C=O) groups excluding carboxylic acids is 1. The Morgan fingerprint density at radius 1 is 1.24 bits per heavy atom. The second-order valence-corrected chi connectivity index (χ2v) is 5.54. The molecule has 7 heteroatoms. The fourth-order valence-electron chi connectivity index (χ4n) is 2.68. The molecule has 130 valence electrons. The van der Waals surface area contributed by atoms with E-state index in [1.54, 1.807) is 36.8 Å². The molecule has 0 aliphatic carbocycles. The van der Waals surface area contributed by atoms with E-state index in [1.165, 1.54) is 12.1 Å². The Morgan fingerprint density at radius 3 is 2.76 bits per heavy atom. The molecule has 0 fully saturated rings. The average molecular weight is 345 g/mol. The molecule has 5 nitrogen and oxygen atoms in total. The van der Waals surface area contributed by atoms with E-state index >= 15 is 0 Å². The van der Waals surface area contributed by atoms with Crippen LogP contribution in [0.4, 0.5) is 8.78 Å². The average Bonchev–Trinajstić information content (AvgIpc) is 2.90. The number of fused-ring (bicyclic) bond motifs is 1. The third-order valence-corrected chi connectivity index (χ3v) is 3.83. The lowest BCUT2D eigenvalue weighted by atomic mass is 10.2. The predicted molar refractivity (Wildman–Crippen MR) is 89.9 cm³/mol. The van der Waals surface area contributed by atoms with E-state index in [-0.39, 0.29) is 11.6 Å². The molecule has 0 spiro atoms. The number of methoxy groups -OCH3 is 1. The number of hydrogen-bond donors (Lipinski definition) is 1. The standard InChI is InChI=1S/C18H17F2N3O2/c1-11-22-15-9-12(18(24)21-7-8-25-2)3-5-17(15)23(11)16-6-4-13(19)10-14(16)20/h3-6,9-10H,7-8H2,1-2H3,(H,21,24). The van der Waals surface area contributed by atoms with Crippen LogP contribution in [-0.2, 0) is 4.74 Å². The van der Waals surface area contributed by atoms with Crippen molar-refractivity contribution in [3.8, 4) is 5.69 Å². The first-order chi connectivity index (χ1) is 12.0. The van der Waals surface area contributed by atoms with Gasteiger partial charge in [0, 0.05) is 25.3 Å². The summed E-state index contributed by atoms with van der Waals surface area (Å²) < 4.78 is 33.8. The Balaban J connectivity index is 2.00. The zero-order chi connectivity index (χ0) is 18.0. The molecule has 0 unspecified atom stereocenters. The molecular formula is C18H17F2N3O2. The summed E-state index contributed by atoms with van der Waals surface area (Å²) in [5.74, 6) is -1.02. The first-order valence-electron chi connectivity index (χ1n) is 7.73. The Bertz CT molecular complexity index is 937. The zero-order valence-corrected chi connectivity index (χ0v) is 13.8. The van der Waals surface area contributed by atoms with Crippen molar-refractivity contribution in [2.24, 2.45) is 0 Å². The lowest BCUT2D eigenvalue weighted by Crippen LogP contribution is -2.26. The van der Waals surface area contributed by atoms with E-state index in [9.17, 15) is 13.6 Å². The van der Waals surface area contributed by atoms with Gasteiger partial charge < -0.3 is 10.1 Å². The van der Waals surface area contributed by atoms with Crippen LogP contribution >= 0.6 is 0 Å². The number of halogens is 2. The van der Waals surface area contributed by atoms with Gasteiger partial charge in [-0.25, -0.2) is 13.8 Å². The maximum absolute atomic E-state index is 14.1. The topological polar surface area (TPSA) is 56.1 Å². The zero-order valence-electron chi connectivity index (χ0n) is 13.8. The highest BCUT2D eigenvalue weighted by atomic mass is 19.1. The van der Waals surface area contributed by atoms with Gasteiger partial charge in [0.1, 0.15) is 17.5 Å². The van der Waals surface area contributed by atoms with Crippen LogP contribution in [0.15, 0.2) is 36.4 Å². The summed E-state index contributed by atoms with van der Waals surface area (Å²) in [5, 5.41) is 2.73. The van der Waals surface area contributed by atoms with Gasteiger partial charge in [-0.05, 0) is 37.3 Å². The fourth-order valence-corrected chi connectivity index (χ4v) is 2.68. The highest BCUT2D eigenvalue weighted by molar-refractivity contribution is 5.97. The smallest absolute Gasteiger partial charge is 0.251 e. The normalized spacial score (nSPS) is 11.0. The van der Waals surface area contributed by atoms with Crippen LogP contribution in [0.1, 0.15) is 16.2 Å². The summed E-state index contributed by atoms with van der Waals surface area (Å²) >= 11 is 0. The third-order valence-electron chi connectivity index (χ3n) is 3.83. The number of benzene rings is 2. The number of imidazole rings is 1. The van der Waals surface area contributed by atoms with Crippen molar-refractivity contribution in [2.45, 2.75) is 6.92 Å². The Kier molecular flexibility index (Phi) is 4.76. The van der Waals surface area contributed by atoms with Gasteiger partial charge in [-0.1, -0.05) is 0 Å². The van der Waals surface area contributed by atoms with Crippen molar-refractivity contribution in [3.05, 3.63) is 59.4 Å². The van der Waals surface area contributed by atoms with E-state index < -0.39 is 11.6 Å². The molecule has 0 aliphatic rings. The predicted octanol–water partition coefficient (Wildman–Crippen LogP) is 2.99. The summed E-state index contributed by atoms with van der Waals surface area (Å²) in [6.07, 6.45) is 0. The van der Waals surface area contributed by atoms with Gasteiger partial charge in [0.05, 0.1) is 23.3 Å². The summed E-state index contributed by atoms with van der Waals surface area (Å²) in [6.45, 7) is 2.55. The van der Waals surface area contributed by atoms with Gasteiger partial charge >= 0.3 is 0 Å². The monoisotopic (exact) mass is 345 g/mol. The molecule has 1 aromatic heterocycles. The van der Waals surface area contributed by atoms with Crippen LogP contribution in [0.25, 0.3) is 16.7 Å². The first kappa shape index (κ1) is 17.0. The number of aryl methyl sites for hydroxylation is 1. The molecule has 0 bridgehead atoms. The van der Waals surface area contributed by atoms with Crippen molar-refractivity contribution in [3.63, 3.8) is 0 Å². The molecule has 25 heavy (non-hydrogen) atoms. The Labute approximate surface area is 143 Å². The number of nitrogens with one attached hydrogen (secondary N) is 1. The molecule has 3 aromatic rings. The minimum absolute atomic E-state index is 0.207. The van der Waals surface area contributed by atoms with E-state index in [4.69, 9.17) is 4.74 Å². The molecular weight excluding hydrogens is 328 g/mol. The van der Waals surface area contributed by atoms with Gasteiger partial charge in [0.15, 0.2) is 0 Å². The van der Waals surface area contributed by atoms with Crippen molar-refractivity contribution < 1.29 is 18.3 Å². The van der Waals surface area contributed by atoms with Crippen LogP contribution in [0.2, 0.25) is 0 Å². The lowest BCUT2D eigenvalue weighted by Gasteiger charge is -2.09. The maximum atomic E-state index is 14.1. The van der Waals surface area contributed by atoms with Gasteiger partial charge in [0.2, 0.25) is 0 Å². The van der Waals surface area contributed by atoms with Crippen LogP contribution in [0.3, 0.4) is 0 Å². The number of nitrogens with zero attached hydrogens (tertiary/aromatic N) is 2. The molecule has 2 aromatic carbocycles. The summed E-state index contributed by atoms with van der Waals surface area (Å²) in [6, 6.07) is 8.37. The molecule has 0 radical (unpaired) electrons. The first-order valence-corrected chi connectivity index (χ1v) is 7.73. The molecule has 0 saturated carbocycles.